The summed E-state index contributed by atoms with van der Waals surface area (Å²) in [5, 5.41) is 9.89. The van der Waals surface area contributed by atoms with Crippen molar-refractivity contribution in [2.24, 2.45) is 7.05 Å². The Bertz CT molecular complexity index is 516. The molecule has 0 saturated carbocycles. The molecule has 0 atom stereocenters. The van der Waals surface area contributed by atoms with Crippen LogP contribution in [0.25, 0.3) is 0 Å². The molecule has 0 radical (unpaired) electrons. The Labute approximate surface area is 119 Å². The van der Waals surface area contributed by atoms with E-state index in [1.165, 1.54) is 16.3 Å². The number of hydrogen-bond donors (Lipinski definition) is 1. The van der Waals surface area contributed by atoms with E-state index in [0.29, 0.717) is 0 Å². The summed E-state index contributed by atoms with van der Waals surface area (Å²) in [6.07, 6.45) is 1.08. The zero-order chi connectivity index (χ0) is 13.8. The molecule has 0 aromatic carbocycles. The lowest BCUT2D eigenvalue weighted by molar-refractivity contribution is 0.722. The highest BCUT2D eigenvalue weighted by atomic mass is 32.1. The average Bonchev–Trinajstić information content (AvgIpc) is 2.96. The van der Waals surface area contributed by atoms with Crippen LogP contribution in [0.3, 0.4) is 0 Å². The molecule has 0 amide bonds. The van der Waals surface area contributed by atoms with Crippen molar-refractivity contribution in [3.05, 3.63) is 33.6 Å². The zero-order valence-electron chi connectivity index (χ0n) is 12.1. The molecule has 0 saturated heterocycles. The Hall–Kier alpha value is -1.33. The number of nitrogens with zero attached hydrogens (tertiary/aromatic N) is 3. The second-order valence-electron chi connectivity index (χ2n) is 4.79. The first-order valence-electron chi connectivity index (χ1n) is 6.54. The Balaban J connectivity index is 2.11. The molecule has 19 heavy (non-hydrogen) atoms. The molecule has 2 aromatic rings. The van der Waals surface area contributed by atoms with Crippen molar-refractivity contribution < 1.29 is 0 Å². The van der Waals surface area contributed by atoms with Gasteiger partial charge in [-0.3, -0.25) is 4.68 Å². The van der Waals surface area contributed by atoms with E-state index in [4.69, 9.17) is 0 Å². The van der Waals surface area contributed by atoms with Crippen LogP contribution in [0, 0.1) is 6.92 Å². The van der Waals surface area contributed by atoms with Crippen LogP contribution in [-0.4, -0.2) is 30.4 Å². The molecule has 0 bridgehead atoms. The fraction of sp³-hybridized carbons (Fsp3) is 0.500. The summed E-state index contributed by atoms with van der Waals surface area (Å²) in [5.41, 5.74) is 2.40. The molecule has 2 aromatic heterocycles. The number of hydrogen-bond acceptors (Lipinski definition) is 4. The monoisotopic (exact) mass is 278 g/mol. The van der Waals surface area contributed by atoms with Crippen molar-refractivity contribution in [3.63, 3.8) is 0 Å². The van der Waals surface area contributed by atoms with Gasteiger partial charge in [0, 0.05) is 37.6 Å². The van der Waals surface area contributed by atoms with Gasteiger partial charge in [-0.25, -0.2) is 0 Å². The molecule has 0 spiro atoms. The van der Waals surface area contributed by atoms with Crippen molar-refractivity contribution in [3.8, 4) is 0 Å². The second-order valence-corrected chi connectivity index (χ2v) is 5.82. The molecule has 0 unspecified atom stereocenters. The lowest BCUT2D eigenvalue weighted by Gasteiger charge is -2.20. The van der Waals surface area contributed by atoms with Crippen molar-refractivity contribution in [2.45, 2.75) is 19.9 Å². The highest BCUT2D eigenvalue weighted by molar-refractivity contribution is 7.09. The summed E-state index contributed by atoms with van der Waals surface area (Å²) in [4.78, 5) is 3.73. The van der Waals surface area contributed by atoms with E-state index in [1.807, 2.05) is 30.1 Å². The van der Waals surface area contributed by atoms with E-state index >= 15 is 0 Å². The highest BCUT2D eigenvalue weighted by Crippen LogP contribution is 2.22. The molecule has 0 aliphatic rings. The van der Waals surface area contributed by atoms with Crippen LogP contribution >= 0.6 is 11.3 Å². The van der Waals surface area contributed by atoms with E-state index in [1.54, 1.807) is 0 Å². The smallest absolute Gasteiger partial charge is 0.131 e. The van der Waals surface area contributed by atoms with Crippen molar-refractivity contribution in [2.75, 3.05) is 25.5 Å². The maximum atomic E-state index is 4.53. The third-order valence-electron chi connectivity index (χ3n) is 3.30. The van der Waals surface area contributed by atoms with Crippen LogP contribution in [0.2, 0.25) is 0 Å². The standard InChI is InChI=1S/C14H22N4S/c1-11-13(10-15-2)14(18(4)16-11)17(3)8-7-12-6-5-9-19-12/h5-6,9,15H,7-8,10H2,1-4H3. The lowest BCUT2D eigenvalue weighted by Crippen LogP contribution is -2.24. The topological polar surface area (TPSA) is 33.1 Å². The summed E-state index contributed by atoms with van der Waals surface area (Å²) < 4.78 is 1.98. The quantitative estimate of drug-likeness (QED) is 0.879. The predicted molar refractivity (Wildman–Crippen MR) is 82.0 cm³/mol. The maximum Gasteiger partial charge on any atom is 0.131 e. The van der Waals surface area contributed by atoms with Gasteiger partial charge in [0.2, 0.25) is 0 Å². The zero-order valence-corrected chi connectivity index (χ0v) is 12.9. The van der Waals surface area contributed by atoms with E-state index < -0.39 is 0 Å². The third kappa shape index (κ3) is 3.16. The van der Waals surface area contributed by atoms with E-state index in [0.717, 1.165) is 25.2 Å². The SMILES string of the molecule is CNCc1c(C)nn(C)c1N(C)CCc1cccs1. The van der Waals surface area contributed by atoms with Gasteiger partial charge in [-0.05, 0) is 31.8 Å². The first kappa shape index (κ1) is 14.1. The number of likely N-dealkylation sites (N-methyl/N-ethyl adjacent to an activating group) is 1. The van der Waals surface area contributed by atoms with Gasteiger partial charge in [0.05, 0.1) is 5.69 Å². The molecule has 104 valence electrons. The molecule has 2 rings (SSSR count). The number of rotatable bonds is 6. The summed E-state index contributed by atoms with van der Waals surface area (Å²) in [7, 11) is 6.13. The van der Waals surface area contributed by atoms with Gasteiger partial charge in [-0.2, -0.15) is 5.10 Å². The molecule has 0 aliphatic heterocycles. The van der Waals surface area contributed by atoms with E-state index in [-0.39, 0.29) is 0 Å². The van der Waals surface area contributed by atoms with Crippen molar-refractivity contribution in [1.82, 2.24) is 15.1 Å². The van der Waals surface area contributed by atoms with Crippen molar-refractivity contribution >= 4 is 17.2 Å². The fourth-order valence-electron chi connectivity index (χ4n) is 2.39. The van der Waals surface area contributed by atoms with E-state index in [2.05, 4.69) is 46.8 Å². The maximum absolute atomic E-state index is 4.53. The summed E-state index contributed by atoms with van der Waals surface area (Å²) >= 11 is 1.82. The van der Waals surface area contributed by atoms with Gasteiger partial charge in [-0.15, -0.1) is 11.3 Å². The van der Waals surface area contributed by atoms with Gasteiger partial charge < -0.3 is 10.2 Å². The minimum Gasteiger partial charge on any atom is -0.359 e. The summed E-state index contributed by atoms with van der Waals surface area (Å²) in [6, 6.07) is 4.31. The molecule has 1 N–H and O–H groups in total. The molecule has 4 nitrogen and oxygen atoms in total. The predicted octanol–water partition coefficient (Wildman–Crippen LogP) is 2.19. The Morgan fingerprint density at radius 3 is 2.89 bits per heavy atom. The van der Waals surface area contributed by atoms with E-state index in [9.17, 15) is 0 Å². The molecule has 5 heteroatoms. The molecule has 2 heterocycles. The second kappa shape index (κ2) is 6.21. The van der Waals surface area contributed by atoms with Crippen LogP contribution in [0.5, 0.6) is 0 Å². The highest BCUT2D eigenvalue weighted by Gasteiger charge is 2.16. The van der Waals surface area contributed by atoms with Gasteiger partial charge in [0.1, 0.15) is 5.82 Å². The normalized spacial score (nSPS) is 10.9. The lowest BCUT2D eigenvalue weighted by atomic mass is 10.2. The van der Waals surface area contributed by atoms with Crippen LogP contribution in [0.15, 0.2) is 17.5 Å². The first-order valence-corrected chi connectivity index (χ1v) is 7.42. The van der Waals surface area contributed by atoms with Gasteiger partial charge in [-0.1, -0.05) is 6.07 Å². The third-order valence-corrected chi connectivity index (χ3v) is 4.24. The fourth-order valence-corrected chi connectivity index (χ4v) is 3.09. The molecule has 0 aliphatic carbocycles. The van der Waals surface area contributed by atoms with Crippen LogP contribution < -0.4 is 10.2 Å². The Morgan fingerprint density at radius 1 is 1.47 bits per heavy atom. The Morgan fingerprint density at radius 2 is 2.26 bits per heavy atom. The number of aryl methyl sites for hydroxylation is 2. The van der Waals surface area contributed by atoms with Gasteiger partial charge in [0.25, 0.3) is 0 Å². The van der Waals surface area contributed by atoms with Crippen LogP contribution in [0.4, 0.5) is 5.82 Å². The molecule has 0 fully saturated rings. The molecular formula is C14H22N4S. The number of anilines is 1. The van der Waals surface area contributed by atoms with Crippen LogP contribution in [0.1, 0.15) is 16.1 Å². The van der Waals surface area contributed by atoms with Gasteiger partial charge >= 0.3 is 0 Å². The largest absolute Gasteiger partial charge is 0.359 e. The number of aromatic nitrogens is 2. The first-order chi connectivity index (χ1) is 9.13. The summed E-state index contributed by atoms with van der Waals surface area (Å²) in [6.45, 7) is 3.94. The van der Waals surface area contributed by atoms with Gasteiger partial charge in [0.15, 0.2) is 0 Å². The number of thiophene rings is 1. The van der Waals surface area contributed by atoms with Crippen LogP contribution in [-0.2, 0) is 20.0 Å². The van der Waals surface area contributed by atoms with Crippen molar-refractivity contribution in [1.29, 1.82) is 0 Å². The Kier molecular flexibility index (Phi) is 4.61. The number of nitrogens with one attached hydrogen (secondary N) is 1. The minimum atomic E-state index is 0.859. The summed E-state index contributed by atoms with van der Waals surface area (Å²) in [5.74, 6) is 1.21. The molecular weight excluding hydrogens is 256 g/mol. The minimum absolute atomic E-state index is 0.859. The average molecular weight is 278 g/mol.